The van der Waals surface area contributed by atoms with Crippen LogP contribution in [0.2, 0.25) is 0 Å². The van der Waals surface area contributed by atoms with E-state index in [9.17, 15) is 4.79 Å². The predicted molar refractivity (Wildman–Crippen MR) is 146 cm³/mol. The van der Waals surface area contributed by atoms with E-state index in [-0.39, 0.29) is 11.0 Å². The molecule has 1 aliphatic carbocycles. The van der Waals surface area contributed by atoms with E-state index in [1.54, 1.807) is 18.4 Å². The molecule has 1 N–H and O–H groups in total. The number of hydrogen-bond donors (Lipinski definition) is 1. The van der Waals surface area contributed by atoms with Crippen molar-refractivity contribution in [1.29, 1.82) is 0 Å². The number of rotatable bonds is 5. The number of aryl methyl sites for hydroxylation is 1. The van der Waals surface area contributed by atoms with E-state index < -0.39 is 0 Å². The SMILES string of the molecule is COc1cc(-c2nc3sc4c(c3c(=O)[nH]2)CCC(C(C)(C)C)C4)cc(Br)c1OCc1ccccc1. The number of aromatic amines is 1. The molecule has 0 spiro atoms. The first-order valence-corrected chi connectivity index (χ1v) is 13.4. The van der Waals surface area contributed by atoms with E-state index >= 15 is 0 Å². The second kappa shape index (κ2) is 9.43. The van der Waals surface area contributed by atoms with Crippen LogP contribution < -0.4 is 15.0 Å². The number of ether oxygens (including phenoxy) is 2. The minimum absolute atomic E-state index is 0.0730. The molecule has 182 valence electrons. The summed E-state index contributed by atoms with van der Waals surface area (Å²) >= 11 is 5.29. The van der Waals surface area contributed by atoms with Crippen LogP contribution in [0.15, 0.2) is 51.7 Å². The van der Waals surface area contributed by atoms with Crippen molar-refractivity contribution in [3.05, 3.63) is 73.3 Å². The van der Waals surface area contributed by atoms with Gasteiger partial charge in [0, 0.05) is 10.4 Å². The molecule has 0 aliphatic heterocycles. The summed E-state index contributed by atoms with van der Waals surface area (Å²) in [5, 5.41) is 0.759. The Labute approximate surface area is 217 Å². The van der Waals surface area contributed by atoms with Crippen LogP contribution in [-0.2, 0) is 19.4 Å². The van der Waals surface area contributed by atoms with Crippen molar-refractivity contribution in [3.8, 4) is 22.9 Å². The molecular weight excluding hydrogens is 524 g/mol. The van der Waals surface area contributed by atoms with Crippen molar-refractivity contribution < 1.29 is 9.47 Å². The quantitative estimate of drug-likeness (QED) is 0.285. The molecule has 2 heterocycles. The molecule has 0 saturated heterocycles. The third-order valence-corrected chi connectivity index (χ3v) is 8.61. The lowest BCUT2D eigenvalue weighted by atomic mass is 9.72. The molecule has 35 heavy (non-hydrogen) atoms. The number of H-pyrrole nitrogens is 1. The number of benzene rings is 2. The molecule has 1 unspecified atom stereocenters. The van der Waals surface area contributed by atoms with E-state index in [1.165, 1.54) is 10.4 Å². The Kier molecular flexibility index (Phi) is 6.49. The summed E-state index contributed by atoms with van der Waals surface area (Å²) in [6, 6.07) is 13.8. The van der Waals surface area contributed by atoms with Crippen molar-refractivity contribution >= 4 is 37.5 Å². The number of methoxy groups -OCH3 is 1. The first-order chi connectivity index (χ1) is 16.7. The van der Waals surface area contributed by atoms with Crippen LogP contribution in [0.5, 0.6) is 11.5 Å². The van der Waals surface area contributed by atoms with E-state index in [4.69, 9.17) is 14.5 Å². The highest BCUT2D eigenvalue weighted by Gasteiger charge is 2.31. The van der Waals surface area contributed by atoms with E-state index in [1.807, 2.05) is 42.5 Å². The maximum Gasteiger partial charge on any atom is 0.260 e. The number of fused-ring (bicyclic) bond motifs is 3. The van der Waals surface area contributed by atoms with Crippen LogP contribution in [-0.4, -0.2) is 17.1 Å². The summed E-state index contributed by atoms with van der Waals surface area (Å²) in [6.07, 6.45) is 3.06. The monoisotopic (exact) mass is 552 g/mol. The molecule has 0 bridgehead atoms. The summed E-state index contributed by atoms with van der Waals surface area (Å²) in [6.45, 7) is 7.33. The molecule has 2 aromatic heterocycles. The molecule has 0 radical (unpaired) electrons. The van der Waals surface area contributed by atoms with Crippen molar-refractivity contribution in [3.63, 3.8) is 0 Å². The van der Waals surface area contributed by atoms with Gasteiger partial charge in [0.05, 0.1) is 17.0 Å². The zero-order valence-corrected chi connectivity index (χ0v) is 22.8. The van der Waals surface area contributed by atoms with Crippen molar-refractivity contribution in [2.75, 3.05) is 7.11 Å². The number of aromatic nitrogens is 2. The largest absolute Gasteiger partial charge is 0.493 e. The molecule has 5 rings (SSSR count). The predicted octanol–water partition coefficient (Wildman–Crippen LogP) is 7.15. The maximum atomic E-state index is 13.2. The normalized spacial score (nSPS) is 15.7. The Morgan fingerprint density at radius 2 is 1.97 bits per heavy atom. The molecule has 7 heteroatoms. The van der Waals surface area contributed by atoms with Crippen LogP contribution in [0.25, 0.3) is 21.6 Å². The third-order valence-electron chi connectivity index (χ3n) is 6.87. The van der Waals surface area contributed by atoms with Crippen molar-refractivity contribution in [2.24, 2.45) is 11.3 Å². The summed E-state index contributed by atoms with van der Waals surface area (Å²) in [7, 11) is 1.61. The average molecular weight is 554 g/mol. The number of thiophene rings is 1. The van der Waals surface area contributed by atoms with Crippen molar-refractivity contribution in [2.45, 2.75) is 46.6 Å². The Balaban J connectivity index is 1.49. The Hall–Kier alpha value is -2.64. The fourth-order valence-corrected chi connectivity index (χ4v) is 6.64. The minimum atomic E-state index is -0.0730. The van der Waals surface area contributed by atoms with E-state index in [2.05, 4.69) is 41.7 Å². The van der Waals surface area contributed by atoms with Gasteiger partial charge >= 0.3 is 0 Å². The topological polar surface area (TPSA) is 64.2 Å². The highest BCUT2D eigenvalue weighted by Crippen LogP contribution is 2.43. The summed E-state index contributed by atoms with van der Waals surface area (Å²) in [4.78, 5) is 23.2. The lowest BCUT2D eigenvalue weighted by Gasteiger charge is -2.33. The van der Waals surface area contributed by atoms with Gasteiger partial charge < -0.3 is 14.5 Å². The van der Waals surface area contributed by atoms with Gasteiger partial charge in [-0.3, -0.25) is 4.79 Å². The van der Waals surface area contributed by atoms with E-state index in [0.717, 1.165) is 45.1 Å². The molecule has 0 fully saturated rings. The highest BCUT2D eigenvalue weighted by atomic mass is 79.9. The first kappa shape index (κ1) is 24.1. The fraction of sp³-hybridized carbons (Fsp3) is 0.357. The van der Waals surface area contributed by atoms with Crippen molar-refractivity contribution in [1.82, 2.24) is 9.97 Å². The number of nitrogens with one attached hydrogen (secondary N) is 1. The Morgan fingerprint density at radius 1 is 1.20 bits per heavy atom. The van der Waals surface area contributed by atoms with Gasteiger partial charge in [-0.25, -0.2) is 4.98 Å². The molecule has 0 saturated carbocycles. The van der Waals surface area contributed by atoms with Gasteiger partial charge in [-0.2, -0.15) is 0 Å². The molecule has 0 amide bonds. The van der Waals surface area contributed by atoms with E-state index in [0.29, 0.717) is 29.8 Å². The second-order valence-corrected chi connectivity index (χ2v) is 12.1. The molecule has 4 aromatic rings. The van der Waals surface area contributed by atoms with Crippen LogP contribution in [0, 0.1) is 11.3 Å². The molecule has 1 atom stereocenters. The van der Waals surface area contributed by atoms with Gasteiger partial charge in [0.15, 0.2) is 11.5 Å². The summed E-state index contributed by atoms with van der Waals surface area (Å²) in [5.41, 5.74) is 3.20. The number of hydrogen-bond acceptors (Lipinski definition) is 5. The third kappa shape index (κ3) is 4.76. The van der Waals surface area contributed by atoms with Crippen LogP contribution in [0.1, 0.15) is 43.2 Å². The number of halogens is 1. The van der Waals surface area contributed by atoms with Crippen LogP contribution >= 0.6 is 27.3 Å². The highest BCUT2D eigenvalue weighted by molar-refractivity contribution is 9.10. The fourth-order valence-electron chi connectivity index (χ4n) is 4.79. The standard InChI is InChI=1S/C28H29BrN2O3S/c1-28(2,3)18-10-11-19-22(14-18)35-27-23(19)26(32)30-25(31-27)17-12-20(29)24(21(13-17)33-4)34-15-16-8-6-5-7-9-16/h5-9,12-13,18H,10-11,14-15H2,1-4H3,(H,30,31,32). The zero-order chi connectivity index (χ0) is 24.7. The molecule has 1 aliphatic rings. The first-order valence-electron chi connectivity index (χ1n) is 11.8. The Bertz CT molecular complexity index is 1440. The van der Waals surface area contributed by atoms with Gasteiger partial charge in [-0.1, -0.05) is 51.1 Å². The lowest BCUT2D eigenvalue weighted by Crippen LogP contribution is -2.26. The lowest BCUT2D eigenvalue weighted by molar-refractivity contribution is 0.218. The average Bonchev–Trinajstić information content (AvgIpc) is 3.21. The zero-order valence-electron chi connectivity index (χ0n) is 20.4. The smallest absolute Gasteiger partial charge is 0.260 e. The van der Waals surface area contributed by atoms with Gasteiger partial charge in [0.2, 0.25) is 0 Å². The second-order valence-electron chi connectivity index (χ2n) is 10.2. The van der Waals surface area contributed by atoms with Crippen LogP contribution in [0.3, 0.4) is 0 Å². The van der Waals surface area contributed by atoms with Gasteiger partial charge in [0.1, 0.15) is 17.3 Å². The maximum absolute atomic E-state index is 13.2. The van der Waals surface area contributed by atoms with Gasteiger partial charge in [-0.05, 0) is 69.8 Å². The molecule has 5 nitrogen and oxygen atoms in total. The summed E-state index contributed by atoms with van der Waals surface area (Å²) in [5.74, 6) is 2.34. The van der Waals surface area contributed by atoms with Gasteiger partial charge in [0.25, 0.3) is 5.56 Å². The molecular formula is C28H29BrN2O3S. The summed E-state index contributed by atoms with van der Waals surface area (Å²) < 4.78 is 12.4. The van der Waals surface area contributed by atoms with Gasteiger partial charge in [-0.15, -0.1) is 11.3 Å². The van der Waals surface area contributed by atoms with Crippen LogP contribution in [0.4, 0.5) is 0 Å². The molecule has 2 aromatic carbocycles. The minimum Gasteiger partial charge on any atom is -0.493 e. The number of nitrogens with zero attached hydrogens (tertiary/aromatic N) is 1. The Morgan fingerprint density at radius 3 is 2.69 bits per heavy atom.